The zero-order valence-corrected chi connectivity index (χ0v) is 14.0. The smallest absolute Gasteiger partial charge is 0.241 e. The molecule has 3 saturated heterocycles. The number of amides is 2. The first-order valence-electron chi connectivity index (χ1n) is 8.75. The number of nitrogens with zero attached hydrogens (tertiary/aromatic N) is 3. The van der Waals surface area contributed by atoms with Crippen LogP contribution in [0.3, 0.4) is 0 Å². The predicted octanol–water partition coefficient (Wildman–Crippen LogP) is 1.91. The van der Waals surface area contributed by atoms with Crippen LogP contribution in [0, 0.1) is 18.8 Å². The van der Waals surface area contributed by atoms with Crippen molar-refractivity contribution in [2.75, 3.05) is 4.90 Å². The summed E-state index contributed by atoms with van der Waals surface area (Å²) < 4.78 is 7.62. The second-order valence-corrected chi connectivity index (χ2v) is 7.14. The third-order valence-corrected chi connectivity index (χ3v) is 5.66. The van der Waals surface area contributed by atoms with E-state index >= 15 is 0 Å². The minimum atomic E-state index is -0.314. The van der Waals surface area contributed by atoms with Gasteiger partial charge in [-0.15, -0.1) is 0 Å². The van der Waals surface area contributed by atoms with Gasteiger partial charge in [0.2, 0.25) is 11.8 Å². The first kappa shape index (κ1) is 14.8. The van der Waals surface area contributed by atoms with E-state index in [2.05, 4.69) is 5.10 Å². The van der Waals surface area contributed by atoms with Crippen molar-refractivity contribution in [1.29, 1.82) is 0 Å². The summed E-state index contributed by atoms with van der Waals surface area (Å²) in [7, 11) is 0. The largest absolute Gasteiger partial charge is 0.373 e. The molecular weight excluding hydrogens is 318 g/mol. The van der Waals surface area contributed by atoms with Crippen molar-refractivity contribution in [2.45, 2.75) is 38.5 Å². The quantitative estimate of drug-likeness (QED) is 0.803. The number of fused-ring (bicyclic) bond motifs is 5. The van der Waals surface area contributed by atoms with Crippen LogP contribution in [-0.2, 0) is 20.9 Å². The molecule has 0 N–H and O–H groups in total. The number of benzene rings is 1. The lowest BCUT2D eigenvalue weighted by atomic mass is 9.81. The van der Waals surface area contributed by atoms with E-state index < -0.39 is 0 Å². The Morgan fingerprint density at radius 3 is 2.36 bits per heavy atom. The molecule has 2 amide bonds. The molecule has 2 bridgehead atoms. The van der Waals surface area contributed by atoms with Crippen LogP contribution in [0.2, 0.25) is 0 Å². The number of aryl methyl sites for hydroxylation is 1. The van der Waals surface area contributed by atoms with Crippen LogP contribution in [-0.4, -0.2) is 33.8 Å². The van der Waals surface area contributed by atoms with Crippen molar-refractivity contribution in [3.05, 3.63) is 47.7 Å². The van der Waals surface area contributed by atoms with E-state index in [1.165, 1.54) is 4.90 Å². The SMILES string of the molecule is Cc1cc(N2C(=O)[C@@H]3[C@H](C2=O)[C@H]2CC[C@H]3O2)nn1Cc1ccccc1. The minimum absolute atomic E-state index is 0.0936. The summed E-state index contributed by atoms with van der Waals surface area (Å²) in [5.74, 6) is -0.480. The second-order valence-electron chi connectivity index (χ2n) is 7.14. The molecule has 0 radical (unpaired) electrons. The molecule has 3 aliphatic heterocycles. The average molecular weight is 337 g/mol. The van der Waals surface area contributed by atoms with Crippen LogP contribution >= 0.6 is 0 Å². The molecule has 1 aromatic heterocycles. The van der Waals surface area contributed by atoms with Crippen LogP contribution in [0.1, 0.15) is 24.1 Å². The number of hydrogen-bond acceptors (Lipinski definition) is 4. The van der Waals surface area contributed by atoms with Crippen LogP contribution < -0.4 is 4.90 Å². The molecule has 6 nitrogen and oxygen atoms in total. The predicted molar refractivity (Wildman–Crippen MR) is 89.9 cm³/mol. The Morgan fingerprint density at radius 2 is 1.72 bits per heavy atom. The van der Waals surface area contributed by atoms with Gasteiger partial charge in [0.25, 0.3) is 0 Å². The number of ether oxygens (including phenoxy) is 1. The highest BCUT2D eigenvalue weighted by atomic mass is 16.5. The molecule has 128 valence electrons. The Hall–Kier alpha value is -2.47. The Kier molecular flexibility index (Phi) is 3.12. The van der Waals surface area contributed by atoms with Crippen LogP contribution in [0.15, 0.2) is 36.4 Å². The summed E-state index contributed by atoms with van der Waals surface area (Å²) in [6.45, 7) is 2.56. The molecule has 0 unspecified atom stereocenters. The molecule has 5 rings (SSSR count). The first-order valence-corrected chi connectivity index (χ1v) is 8.75. The Bertz CT molecular complexity index is 832. The number of carbonyl (C=O) groups excluding carboxylic acids is 2. The van der Waals surface area contributed by atoms with Crippen molar-refractivity contribution in [1.82, 2.24) is 9.78 Å². The van der Waals surface area contributed by atoms with E-state index in [0.29, 0.717) is 12.4 Å². The first-order chi connectivity index (χ1) is 12.1. The topological polar surface area (TPSA) is 64.4 Å². The standard InChI is InChI=1S/C19H19N3O3/c1-11-9-15(20-21(11)10-12-5-3-2-4-6-12)22-18(23)16-13-7-8-14(25-13)17(16)19(22)24/h2-6,9,13-14,16-17H,7-8,10H2,1H3/t13-,14-,16-,17+/m1/s1. The maximum absolute atomic E-state index is 12.8. The van der Waals surface area contributed by atoms with Gasteiger partial charge in [-0.2, -0.15) is 5.10 Å². The fourth-order valence-electron chi connectivity index (χ4n) is 4.46. The van der Waals surface area contributed by atoms with Gasteiger partial charge < -0.3 is 4.74 Å². The molecule has 0 spiro atoms. The van der Waals surface area contributed by atoms with Gasteiger partial charge in [-0.1, -0.05) is 30.3 Å². The molecular formula is C19H19N3O3. The van der Waals surface area contributed by atoms with E-state index in [1.807, 2.05) is 48.0 Å². The fraction of sp³-hybridized carbons (Fsp3) is 0.421. The highest BCUT2D eigenvalue weighted by Crippen LogP contribution is 2.49. The molecule has 2 aromatic rings. The molecule has 4 heterocycles. The van der Waals surface area contributed by atoms with Crippen LogP contribution in [0.4, 0.5) is 5.82 Å². The number of imide groups is 1. The van der Waals surface area contributed by atoms with Crippen molar-refractivity contribution in [3.8, 4) is 0 Å². The maximum atomic E-state index is 12.8. The van der Waals surface area contributed by atoms with Crippen molar-refractivity contribution >= 4 is 17.6 Å². The molecule has 3 fully saturated rings. The summed E-state index contributed by atoms with van der Waals surface area (Å²) in [6, 6.07) is 11.8. The maximum Gasteiger partial charge on any atom is 0.241 e. The van der Waals surface area contributed by atoms with Gasteiger partial charge in [0, 0.05) is 11.8 Å². The third kappa shape index (κ3) is 2.10. The van der Waals surface area contributed by atoms with Gasteiger partial charge in [-0.05, 0) is 25.3 Å². The molecule has 1 aromatic carbocycles. The van der Waals surface area contributed by atoms with E-state index in [-0.39, 0.29) is 35.9 Å². The van der Waals surface area contributed by atoms with Gasteiger partial charge in [-0.25, -0.2) is 4.90 Å². The van der Waals surface area contributed by atoms with Crippen molar-refractivity contribution < 1.29 is 14.3 Å². The van der Waals surface area contributed by atoms with Gasteiger partial charge in [0.1, 0.15) is 0 Å². The Balaban J connectivity index is 1.45. The average Bonchev–Trinajstić information content (AvgIpc) is 3.34. The second kappa shape index (κ2) is 5.26. The number of anilines is 1. The van der Waals surface area contributed by atoms with Crippen LogP contribution in [0.25, 0.3) is 0 Å². The summed E-state index contributed by atoms with van der Waals surface area (Å²) >= 11 is 0. The molecule has 0 aliphatic carbocycles. The minimum Gasteiger partial charge on any atom is -0.373 e. The normalized spacial score (nSPS) is 30.4. The van der Waals surface area contributed by atoms with Crippen molar-refractivity contribution in [2.24, 2.45) is 11.8 Å². The van der Waals surface area contributed by atoms with E-state index in [9.17, 15) is 9.59 Å². The molecule has 3 aliphatic rings. The van der Waals surface area contributed by atoms with E-state index in [0.717, 1.165) is 24.1 Å². The third-order valence-electron chi connectivity index (χ3n) is 5.66. The van der Waals surface area contributed by atoms with Gasteiger partial charge in [-0.3, -0.25) is 14.3 Å². The zero-order chi connectivity index (χ0) is 17.1. The van der Waals surface area contributed by atoms with E-state index in [1.54, 1.807) is 0 Å². The lowest BCUT2D eigenvalue weighted by molar-refractivity contribution is -0.124. The lowest BCUT2D eigenvalue weighted by Crippen LogP contribution is -2.34. The Labute approximate surface area is 145 Å². The van der Waals surface area contributed by atoms with Gasteiger partial charge in [0.15, 0.2) is 5.82 Å². The Morgan fingerprint density at radius 1 is 1.08 bits per heavy atom. The highest BCUT2D eigenvalue weighted by Gasteiger charge is 2.63. The fourth-order valence-corrected chi connectivity index (χ4v) is 4.46. The summed E-state index contributed by atoms with van der Waals surface area (Å²) in [5.41, 5.74) is 2.05. The molecule has 0 saturated carbocycles. The van der Waals surface area contributed by atoms with Gasteiger partial charge in [0.05, 0.1) is 30.6 Å². The van der Waals surface area contributed by atoms with Crippen LogP contribution in [0.5, 0.6) is 0 Å². The van der Waals surface area contributed by atoms with Crippen molar-refractivity contribution in [3.63, 3.8) is 0 Å². The molecule has 6 heteroatoms. The number of rotatable bonds is 3. The monoisotopic (exact) mass is 337 g/mol. The van der Waals surface area contributed by atoms with Gasteiger partial charge >= 0.3 is 0 Å². The molecule has 25 heavy (non-hydrogen) atoms. The number of aromatic nitrogens is 2. The molecule has 4 atom stereocenters. The highest BCUT2D eigenvalue weighted by molar-refractivity contribution is 6.22. The number of hydrogen-bond donors (Lipinski definition) is 0. The zero-order valence-electron chi connectivity index (χ0n) is 14.0. The lowest BCUT2D eigenvalue weighted by Gasteiger charge is -2.15. The summed E-state index contributed by atoms with van der Waals surface area (Å²) in [6.07, 6.45) is 1.56. The summed E-state index contributed by atoms with van der Waals surface area (Å²) in [5, 5.41) is 4.55. The van der Waals surface area contributed by atoms with E-state index in [4.69, 9.17) is 4.74 Å². The number of carbonyl (C=O) groups is 2. The summed E-state index contributed by atoms with van der Waals surface area (Å²) in [4.78, 5) is 27.0.